The molecule has 0 amide bonds. The van der Waals surface area contributed by atoms with Gasteiger partial charge in [0, 0.05) is 40.4 Å². The highest BCUT2D eigenvalue weighted by atomic mass is 35.5. The standard InChI is InChI=1S/C33H29ClN2O2/c1-21-23(3)36(20-24-12-14-25(15-13-24)28-9-5-6-10-29(28)33(37)38)32-17-16-26(18-30(21)32)22(2)35-19-27-8-4-7-11-31(27)34/h4-18,35H,2,19-20H2,1,3H3,(H,37,38). The van der Waals surface area contributed by atoms with E-state index in [1.165, 1.54) is 22.2 Å². The van der Waals surface area contributed by atoms with E-state index in [1.54, 1.807) is 12.1 Å². The molecule has 0 unspecified atom stereocenters. The van der Waals surface area contributed by atoms with E-state index >= 15 is 0 Å². The van der Waals surface area contributed by atoms with Gasteiger partial charge in [-0.1, -0.05) is 84.9 Å². The number of hydrogen-bond donors (Lipinski definition) is 2. The third-order valence-electron chi connectivity index (χ3n) is 7.20. The maximum absolute atomic E-state index is 11.6. The average molecular weight is 521 g/mol. The number of aromatic nitrogens is 1. The minimum Gasteiger partial charge on any atom is -0.478 e. The lowest BCUT2D eigenvalue weighted by Gasteiger charge is -2.13. The molecule has 0 aliphatic rings. The highest BCUT2D eigenvalue weighted by Gasteiger charge is 2.14. The van der Waals surface area contributed by atoms with E-state index < -0.39 is 5.97 Å². The van der Waals surface area contributed by atoms with Crippen molar-refractivity contribution in [2.45, 2.75) is 26.9 Å². The van der Waals surface area contributed by atoms with Crippen molar-refractivity contribution in [3.8, 4) is 11.1 Å². The fraction of sp³-hybridized carbons (Fsp3) is 0.121. The van der Waals surface area contributed by atoms with E-state index in [0.717, 1.165) is 45.1 Å². The first kappa shape index (κ1) is 25.4. The molecule has 0 bridgehead atoms. The lowest BCUT2D eigenvalue weighted by molar-refractivity contribution is 0.0697. The van der Waals surface area contributed by atoms with Gasteiger partial charge in [-0.2, -0.15) is 0 Å². The maximum atomic E-state index is 11.6. The van der Waals surface area contributed by atoms with Gasteiger partial charge in [-0.05, 0) is 71.5 Å². The number of fused-ring (bicyclic) bond motifs is 1. The van der Waals surface area contributed by atoms with Crippen LogP contribution < -0.4 is 5.32 Å². The molecule has 4 nitrogen and oxygen atoms in total. The summed E-state index contributed by atoms with van der Waals surface area (Å²) in [5.41, 5.74) is 9.64. The second-order valence-corrected chi connectivity index (χ2v) is 9.91. The van der Waals surface area contributed by atoms with Gasteiger partial charge in [-0.25, -0.2) is 4.79 Å². The van der Waals surface area contributed by atoms with Gasteiger partial charge in [-0.15, -0.1) is 0 Å². The third kappa shape index (κ3) is 4.96. The molecule has 0 atom stereocenters. The number of hydrogen-bond acceptors (Lipinski definition) is 2. The van der Waals surface area contributed by atoms with Gasteiger partial charge < -0.3 is 15.0 Å². The Morgan fingerprint density at radius 1 is 0.947 bits per heavy atom. The topological polar surface area (TPSA) is 54.3 Å². The maximum Gasteiger partial charge on any atom is 0.336 e. The van der Waals surface area contributed by atoms with Crippen LogP contribution in [0.25, 0.3) is 27.7 Å². The number of aromatic carboxylic acids is 1. The summed E-state index contributed by atoms with van der Waals surface area (Å²) in [5, 5.41) is 14.9. The Bertz CT molecular complexity index is 1670. The Morgan fingerprint density at radius 2 is 1.66 bits per heavy atom. The molecule has 1 aromatic heterocycles. The molecule has 5 rings (SSSR count). The zero-order chi connectivity index (χ0) is 26.8. The Balaban J connectivity index is 1.38. The second-order valence-electron chi connectivity index (χ2n) is 9.50. The van der Waals surface area contributed by atoms with Crippen molar-refractivity contribution in [1.29, 1.82) is 0 Å². The number of carboxylic acids is 1. The summed E-state index contributed by atoms with van der Waals surface area (Å²) in [4.78, 5) is 11.6. The largest absolute Gasteiger partial charge is 0.478 e. The van der Waals surface area contributed by atoms with Crippen LogP contribution in [-0.4, -0.2) is 15.6 Å². The van der Waals surface area contributed by atoms with E-state index in [4.69, 9.17) is 11.6 Å². The molecule has 190 valence electrons. The molecule has 0 saturated heterocycles. The van der Waals surface area contributed by atoms with Crippen LogP contribution in [0.2, 0.25) is 5.02 Å². The highest BCUT2D eigenvalue weighted by Crippen LogP contribution is 2.30. The summed E-state index contributed by atoms with van der Waals surface area (Å²) in [7, 11) is 0. The van der Waals surface area contributed by atoms with Crippen molar-refractivity contribution in [3.63, 3.8) is 0 Å². The molecule has 0 spiro atoms. The van der Waals surface area contributed by atoms with Gasteiger partial charge in [0.15, 0.2) is 0 Å². The van der Waals surface area contributed by atoms with Crippen molar-refractivity contribution in [3.05, 3.63) is 136 Å². The zero-order valence-electron chi connectivity index (χ0n) is 21.5. The lowest BCUT2D eigenvalue weighted by Crippen LogP contribution is -2.11. The SMILES string of the molecule is C=C(NCc1ccccc1Cl)c1ccc2c(c1)c(C)c(C)n2Cc1ccc(-c2ccccc2C(=O)O)cc1. The minimum absolute atomic E-state index is 0.307. The van der Waals surface area contributed by atoms with Gasteiger partial charge in [-0.3, -0.25) is 0 Å². The predicted octanol–water partition coefficient (Wildman–Crippen LogP) is 8.09. The Kier molecular flexibility index (Phi) is 7.08. The summed E-state index contributed by atoms with van der Waals surface area (Å²) in [6.07, 6.45) is 0. The highest BCUT2D eigenvalue weighted by molar-refractivity contribution is 6.31. The number of nitrogens with zero attached hydrogens (tertiary/aromatic N) is 1. The van der Waals surface area contributed by atoms with Crippen molar-refractivity contribution < 1.29 is 9.90 Å². The number of benzene rings is 4. The first-order chi connectivity index (χ1) is 18.3. The Hall–Kier alpha value is -4.28. The molecular weight excluding hydrogens is 492 g/mol. The van der Waals surface area contributed by atoms with Crippen LogP contribution >= 0.6 is 11.6 Å². The first-order valence-corrected chi connectivity index (χ1v) is 12.9. The van der Waals surface area contributed by atoms with Crippen LogP contribution in [0.15, 0.2) is 97.6 Å². The zero-order valence-corrected chi connectivity index (χ0v) is 22.2. The molecule has 5 heteroatoms. The average Bonchev–Trinajstić information content (AvgIpc) is 3.17. The fourth-order valence-electron chi connectivity index (χ4n) is 4.88. The molecule has 0 fully saturated rings. The lowest BCUT2D eigenvalue weighted by atomic mass is 9.99. The molecule has 0 saturated carbocycles. The predicted molar refractivity (Wildman–Crippen MR) is 157 cm³/mol. The number of nitrogens with one attached hydrogen (secondary N) is 1. The summed E-state index contributed by atoms with van der Waals surface area (Å²) >= 11 is 6.30. The Labute approximate surface area is 227 Å². The molecule has 4 aromatic carbocycles. The van der Waals surface area contributed by atoms with Crippen LogP contribution in [0.4, 0.5) is 0 Å². The normalized spacial score (nSPS) is 11.0. The van der Waals surface area contributed by atoms with Crippen molar-refractivity contribution in [1.82, 2.24) is 9.88 Å². The van der Waals surface area contributed by atoms with Crippen molar-refractivity contribution in [2.24, 2.45) is 0 Å². The van der Waals surface area contributed by atoms with Crippen molar-refractivity contribution >= 4 is 34.2 Å². The van der Waals surface area contributed by atoms with Crippen LogP contribution in [0.3, 0.4) is 0 Å². The number of carbonyl (C=O) groups is 1. The van der Waals surface area contributed by atoms with Crippen LogP contribution in [0.5, 0.6) is 0 Å². The van der Waals surface area contributed by atoms with E-state index in [0.29, 0.717) is 12.1 Å². The first-order valence-electron chi connectivity index (χ1n) is 12.5. The van der Waals surface area contributed by atoms with Crippen LogP contribution in [0.1, 0.15) is 38.3 Å². The molecular formula is C33H29ClN2O2. The van der Waals surface area contributed by atoms with Gasteiger partial charge in [0.2, 0.25) is 0 Å². The summed E-state index contributed by atoms with van der Waals surface area (Å²) < 4.78 is 2.33. The molecule has 0 aliphatic heterocycles. The Morgan fingerprint density at radius 3 is 2.39 bits per heavy atom. The molecule has 2 N–H and O–H groups in total. The summed E-state index contributed by atoms with van der Waals surface area (Å²) in [6, 6.07) is 29.5. The van der Waals surface area contributed by atoms with Gasteiger partial charge in [0.1, 0.15) is 0 Å². The van der Waals surface area contributed by atoms with Crippen molar-refractivity contribution in [2.75, 3.05) is 0 Å². The third-order valence-corrected chi connectivity index (χ3v) is 7.57. The smallest absolute Gasteiger partial charge is 0.336 e. The molecule has 0 aliphatic carbocycles. The monoisotopic (exact) mass is 520 g/mol. The van der Waals surface area contributed by atoms with Gasteiger partial charge >= 0.3 is 5.97 Å². The van der Waals surface area contributed by atoms with E-state index in [1.807, 2.05) is 48.5 Å². The van der Waals surface area contributed by atoms with E-state index in [2.05, 4.69) is 60.6 Å². The fourth-order valence-corrected chi connectivity index (χ4v) is 5.08. The number of aryl methyl sites for hydroxylation is 1. The molecule has 1 heterocycles. The molecule has 0 radical (unpaired) electrons. The van der Waals surface area contributed by atoms with E-state index in [-0.39, 0.29) is 0 Å². The van der Waals surface area contributed by atoms with E-state index in [9.17, 15) is 9.90 Å². The summed E-state index contributed by atoms with van der Waals surface area (Å²) in [5.74, 6) is -0.921. The number of halogens is 1. The number of rotatable bonds is 8. The minimum atomic E-state index is -0.921. The van der Waals surface area contributed by atoms with Crippen LogP contribution in [-0.2, 0) is 13.1 Å². The van der Waals surface area contributed by atoms with Gasteiger partial charge in [0.05, 0.1) is 5.56 Å². The van der Waals surface area contributed by atoms with Crippen LogP contribution in [0, 0.1) is 13.8 Å². The molecule has 5 aromatic rings. The quantitative estimate of drug-likeness (QED) is 0.217. The molecule has 38 heavy (non-hydrogen) atoms. The number of carboxylic acid groups (broad SMARTS) is 1. The van der Waals surface area contributed by atoms with Gasteiger partial charge in [0.25, 0.3) is 0 Å². The second kappa shape index (κ2) is 10.6. The summed E-state index contributed by atoms with van der Waals surface area (Å²) in [6.45, 7) is 9.90.